The Labute approximate surface area is 85.9 Å². The van der Waals surface area contributed by atoms with E-state index in [0.717, 1.165) is 12.8 Å². The molecule has 0 aromatic heterocycles. The van der Waals surface area contributed by atoms with E-state index >= 15 is 0 Å². The number of hydrogen-bond donors (Lipinski definition) is 0. The summed E-state index contributed by atoms with van der Waals surface area (Å²) in [4.78, 5) is 11.4. The lowest BCUT2D eigenvalue weighted by Gasteiger charge is -2.40. The molecular formula is C13H18O. The van der Waals surface area contributed by atoms with Gasteiger partial charge < -0.3 is 0 Å². The number of allylic oxidation sites excluding steroid dienone is 4. The fourth-order valence-electron chi connectivity index (χ4n) is 2.77. The highest BCUT2D eigenvalue weighted by atomic mass is 16.1. The Morgan fingerprint density at radius 2 is 2.07 bits per heavy atom. The summed E-state index contributed by atoms with van der Waals surface area (Å²) >= 11 is 0. The van der Waals surface area contributed by atoms with Gasteiger partial charge in [0.15, 0.2) is 5.78 Å². The second-order valence-corrected chi connectivity index (χ2v) is 5.56. The van der Waals surface area contributed by atoms with Crippen LogP contribution in [-0.4, -0.2) is 5.78 Å². The van der Waals surface area contributed by atoms with Crippen molar-refractivity contribution in [2.45, 2.75) is 40.0 Å². The fraction of sp³-hybridized carbons (Fsp3) is 0.615. The van der Waals surface area contributed by atoms with Crippen molar-refractivity contribution in [3.05, 3.63) is 23.8 Å². The van der Waals surface area contributed by atoms with Gasteiger partial charge in [-0.25, -0.2) is 0 Å². The minimum absolute atomic E-state index is 0.0683. The average Bonchev–Trinajstić information content (AvgIpc) is 2.41. The fourth-order valence-corrected chi connectivity index (χ4v) is 2.77. The third-order valence-corrected chi connectivity index (χ3v) is 3.62. The minimum Gasteiger partial charge on any atom is -0.295 e. The van der Waals surface area contributed by atoms with E-state index in [-0.39, 0.29) is 11.2 Å². The molecule has 1 nitrogen and oxygen atoms in total. The number of carbonyl (C=O) groups is 1. The van der Waals surface area contributed by atoms with Crippen molar-refractivity contribution in [3.8, 4) is 0 Å². The van der Waals surface area contributed by atoms with Gasteiger partial charge in [-0.3, -0.25) is 4.79 Å². The lowest BCUT2D eigenvalue weighted by Crippen LogP contribution is -2.30. The lowest BCUT2D eigenvalue weighted by atomic mass is 9.63. The molecule has 0 amide bonds. The van der Waals surface area contributed by atoms with E-state index in [4.69, 9.17) is 0 Å². The summed E-state index contributed by atoms with van der Waals surface area (Å²) in [6, 6.07) is 0. The van der Waals surface area contributed by atoms with Gasteiger partial charge in [0, 0.05) is 11.8 Å². The normalized spacial score (nSPS) is 35.1. The summed E-state index contributed by atoms with van der Waals surface area (Å²) in [5, 5.41) is 0. The molecule has 0 aliphatic heterocycles. The first-order chi connectivity index (χ1) is 6.44. The van der Waals surface area contributed by atoms with Gasteiger partial charge in [-0.2, -0.15) is 0 Å². The van der Waals surface area contributed by atoms with Crippen molar-refractivity contribution in [1.29, 1.82) is 0 Å². The van der Waals surface area contributed by atoms with Crippen LogP contribution in [0, 0.1) is 10.8 Å². The molecule has 2 aliphatic rings. The standard InChI is InChI=1S/C13H18O/c1-10-4-6-12(2,3)9-13(10)7-5-11(14)8-13/h4-5,7H,6,8-9H2,1-3H3. The molecule has 2 aliphatic carbocycles. The Kier molecular flexibility index (Phi) is 1.95. The summed E-state index contributed by atoms with van der Waals surface area (Å²) in [6.45, 7) is 6.74. The first-order valence-electron chi connectivity index (χ1n) is 5.33. The molecule has 0 heterocycles. The minimum atomic E-state index is 0.0683. The zero-order valence-electron chi connectivity index (χ0n) is 9.26. The van der Waals surface area contributed by atoms with Crippen LogP contribution >= 0.6 is 0 Å². The first-order valence-corrected chi connectivity index (χ1v) is 5.33. The lowest BCUT2D eigenvalue weighted by molar-refractivity contribution is -0.115. The maximum Gasteiger partial charge on any atom is 0.156 e. The van der Waals surface area contributed by atoms with E-state index in [2.05, 4.69) is 32.9 Å². The average molecular weight is 190 g/mol. The van der Waals surface area contributed by atoms with Gasteiger partial charge in [0.25, 0.3) is 0 Å². The number of rotatable bonds is 0. The molecule has 0 aromatic carbocycles. The van der Waals surface area contributed by atoms with Crippen molar-refractivity contribution >= 4 is 5.78 Å². The molecule has 2 rings (SSSR count). The number of hydrogen-bond acceptors (Lipinski definition) is 1. The molecule has 1 atom stereocenters. The Hall–Kier alpha value is -0.850. The van der Waals surface area contributed by atoms with Crippen molar-refractivity contribution in [3.63, 3.8) is 0 Å². The van der Waals surface area contributed by atoms with Crippen LogP contribution in [0.5, 0.6) is 0 Å². The highest BCUT2D eigenvalue weighted by Crippen LogP contribution is 2.51. The molecule has 0 radical (unpaired) electrons. The smallest absolute Gasteiger partial charge is 0.156 e. The molecule has 1 unspecified atom stereocenters. The van der Waals surface area contributed by atoms with Gasteiger partial charge in [-0.05, 0) is 31.3 Å². The van der Waals surface area contributed by atoms with Crippen LogP contribution in [-0.2, 0) is 4.79 Å². The Balaban J connectivity index is 2.36. The largest absolute Gasteiger partial charge is 0.295 e. The summed E-state index contributed by atoms with van der Waals surface area (Å²) < 4.78 is 0. The Morgan fingerprint density at radius 1 is 1.36 bits per heavy atom. The Bertz CT molecular complexity index is 333. The zero-order valence-corrected chi connectivity index (χ0v) is 9.26. The van der Waals surface area contributed by atoms with Crippen LogP contribution in [0.25, 0.3) is 0 Å². The molecular weight excluding hydrogens is 172 g/mol. The first kappa shape index (κ1) is 9.70. The van der Waals surface area contributed by atoms with E-state index in [0.29, 0.717) is 11.8 Å². The van der Waals surface area contributed by atoms with Gasteiger partial charge in [0.2, 0.25) is 0 Å². The van der Waals surface area contributed by atoms with Crippen LogP contribution in [0.3, 0.4) is 0 Å². The Morgan fingerprint density at radius 3 is 2.64 bits per heavy atom. The van der Waals surface area contributed by atoms with Crippen molar-refractivity contribution in [2.75, 3.05) is 0 Å². The van der Waals surface area contributed by atoms with Crippen molar-refractivity contribution in [1.82, 2.24) is 0 Å². The van der Waals surface area contributed by atoms with Crippen LogP contribution in [0.2, 0.25) is 0 Å². The van der Waals surface area contributed by atoms with Gasteiger partial charge in [-0.1, -0.05) is 31.6 Å². The van der Waals surface area contributed by atoms with E-state index < -0.39 is 0 Å². The third kappa shape index (κ3) is 1.45. The molecule has 0 aromatic rings. The van der Waals surface area contributed by atoms with Crippen LogP contribution in [0.15, 0.2) is 23.8 Å². The number of carbonyl (C=O) groups excluding carboxylic acids is 1. The SMILES string of the molecule is CC1=CCC(C)(C)CC12C=CC(=O)C2. The molecule has 0 bridgehead atoms. The zero-order chi connectivity index (χ0) is 10.4. The second kappa shape index (κ2) is 2.82. The van der Waals surface area contributed by atoms with Gasteiger partial charge in [-0.15, -0.1) is 0 Å². The summed E-state index contributed by atoms with van der Waals surface area (Å²) in [6.07, 6.45) is 9.15. The van der Waals surface area contributed by atoms with E-state index in [1.54, 1.807) is 6.08 Å². The predicted octanol–water partition coefficient (Wildman–Crippen LogP) is 3.27. The van der Waals surface area contributed by atoms with Crippen molar-refractivity contribution in [2.24, 2.45) is 10.8 Å². The van der Waals surface area contributed by atoms with Gasteiger partial charge in [0.1, 0.15) is 0 Å². The van der Waals surface area contributed by atoms with Gasteiger partial charge in [0.05, 0.1) is 0 Å². The molecule has 76 valence electrons. The molecule has 14 heavy (non-hydrogen) atoms. The maximum atomic E-state index is 11.4. The second-order valence-electron chi connectivity index (χ2n) is 5.56. The monoisotopic (exact) mass is 190 g/mol. The molecule has 1 spiro atoms. The molecule has 1 heteroatoms. The summed E-state index contributed by atoms with van der Waals surface area (Å²) in [5.41, 5.74) is 1.80. The topological polar surface area (TPSA) is 17.1 Å². The van der Waals surface area contributed by atoms with Crippen LogP contribution in [0.1, 0.15) is 40.0 Å². The highest BCUT2D eigenvalue weighted by Gasteiger charge is 2.42. The molecule has 0 fully saturated rings. The van der Waals surface area contributed by atoms with E-state index in [1.807, 2.05) is 0 Å². The van der Waals surface area contributed by atoms with Crippen LogP contribution in [0.4, 0.5) is 0 Å². The number of ketones is 1. The van der Waals surface area contributed by atoms with Crippen LogP contribution < -0.4 is 0 Å². The molecule has 0 N–H and O–H groups in total. The quantitative estimate of drug-likeness (QED) is 0.536. The summed E-state index contributed by atoms with van der Waals surface area (Å²) in [7, 11) is 0. The highest BCUT2D eigenvalue weighted by molar-refractivity contribution is 5.93. The maximum absolute atomic E-state index is 11.4. The molecule has 0 saturated heterocycles. The van der Waals surface area contributed by atoms with Crippen molar-refractivity contribution < 1.29 is 4.79 Å². The van der Waals surface area contributed by atoms with E-state index in [1.165, 1.54) is 5.57 Å². The van der Waals surface area contributed by atoms with Gasteiger partial charge >= 0.3 is 0 Å². The summed E-state index contributed by atoms with van der Waals surface area (Å²) in [5.74, 6) is 0.287. The third-order valence-electron chi connectivity index (χ3n) is 3.62. The molecule has 0 saturated carbocycles. The predicted molar refractivity (Wildman–Crippen MR) is 58.0 cm³/mol. The van der Waals surface area contributed by atoms with E-state index in [9.17, 15) is 4.79 Å².